The van der Waals surface area contributed by atoms with Crippen molar-refractivity contribution in [2.75, 3.05) is 11.9 Å². The van der Waals surface area contributed by atoms with Crippen molar-refractivity contribution in [3.8, 4) is 0 Å². The molecule has 1 aromatic carbocycles. The van der Waals surface area contributed by atoms with Crippen molar-refractivity contribution in [1.82, 2.24) is 4.98 Å². The van der Waals surface area contributed by atoms with E-state index >= 15 is 0 Å². The summed E-state index contributed by atoms with van der Waals surface area (Å²) in [4.78, 5) is 14.7. The van der Waals surface area contributed by atoms with Crippen LogP contribution in [0.1, 0.15) is 19.3 Å². The second-order valence-electron chi connectivity index (χ2n) is 4.07. The lowest BCUT2D eigenvalue weighted by Crippen LogP contribution is -2.11. The predicted octanol–water partition coefficient (Wildman–Crippen LogP) is 2.24. The van der Waals surface area contributed by atoms with Crippen molar-refractivity contribution >= 4 is 22.5 Å². The Balaban J connectivity index is 1.95. The average Bonchev–Trinajstić information content (AvgIpc) is 2.76. The molecule has 1 aromatic heterocycles. The second-order valence-corrected chi connectivity index (χ2v) is 4.07. The van der Waals surface area contributed by atoms with Gasteiger partial charge in [-0.15, -0.1) is 0 Å². The van der Waals surface area contributed by atoms with Crippen LogP contribution in [-0.2, 0) is 4.79 Å². The number of benzene rings is 1. The number of carbonyl (C=O) groups excluding carboxylic acids is 1. The smallest absolute Gasteiger partial charge is 0.224 e. The number of aromatic nitrogens is 1. The molecule has 0 unspecified atom stereocenters. The van der Waals surface area contributed by atoms with Gasteiger partial charge in [-0.2, -0.15) is 0 Å². The van der Waals surface area contributed by atoms with Crippen molar-refractivity contribution in [3.63, 3.8) is 0 Å². The van der Waals surface area contributed by atoms with E-state index < -0.39 is 0 Å². The summed E-state index contributed by atoms with van der Waals surface area (Å²) in [5.74, 6) is 0.0494. The highest BCUT2D eigenvalue weighted by Crippen LogP contribution is 2.17. The molecule has 0 fully saturated rings. The number of hydrogen-bond donors (Lipinski definition) is 3. The lowest BCUT2D eigenvalue weighted by atomic mass is 10.2. The molecule has 0 spiro atoms. The maximum absolute atomic E-state index is 11.6. The monoisotopic (exact) mass is 231 g/mol. The van der Waals surface area contributed by atoms with Crippen LogP contribution in [0.15, 0.2) is 30.5 Å². The first-order valence-electron chi connectivity index (χ1n) is 5.86. The lowest BCUT2D eigenvalue weighted by molar-refractivity contribution is -0.116. The minimum absolute atomic E-state index is 0.0494. The molecule has 1 amide bonds. The zero-order valence-corrected chi connectivity index (χ0v) is 9.70. The highest BCUT2D eigenvalue weighted by atomic mass is 16.1. The largest absolute Gasteiger partial charge is 0.361 e. The van der Waals surface area contributed by atoms with E-state index in [1.807, 2.05) is 30.5 Å². The molecule has 0 aliphatic rings. The first-order chi connectivity index (χ1) is 8.29. The van der Waals surface area contributed by atoms with Crippen molar-refractivity contribution in [1.29, 1.82) is 0 Å². The number of H-pyrrole nitrogens is 1. The third kappa shape index (κ3) is 3.07. The molecule has 4 nitrogen and oxygen atoms in total. The lowest BCUT2D eigenvalue weighted by Gasteiger charge is -2.05. The SMILES string of the molecule is NCCCCC(=O)Nc1ccc2[nH]ccc2c1. The molecule has 0 aliphatic carbocycles. The third-order valence-electron chi connectivity index (χ3n) is 2.70. The molecule has 0 saturated carbocycles. The van der Waals surface area contributed by atoms with E-state index in [4.69, 9.17) is 5.73 Å². The van der Waals surface area contributed by atoms with Crippen LogP contribution in [0.3, 0.4) is 0 Å². The summed E-state index contributed by atoms with van der Waals surface area (Å²) < 4.78 is 0. The Kier molecular flexibility index (Phi) is 3.77. The van der Waals surface area contributed by atoms with E-state index in [0.717, 1.165) is 29.4 Å². The van der Waals surface area contributed by atoms with Gasteiger partial charge in [-0.3, -0.25) is 4.79 Å². The number of carbonyl (C=O) groups is 1. The Morgan fingerprint density at radius 1 is 1.29 bits per heavy atom. The summed E-state index contributed by atoms with van der Waals surface area (Å²) in [6.07, 6.45) is 4.15. The first-order valence-corrected chi connectivity index (χ1v) is 5.86. The quantitative estimate of drug-likeness (QED) is 0.690. The fourth-order valence-corrected chi connectivity index (χ4v) is 1.78. The van der Waals surface area contributed by atoms with Crippen LogP contribution in [-0.4, -0.2) is 17.4 Å². The van der Waals surface area contributed by atoms with E-state index in [1.54, 1.807) is 0 Å². The Labute approximate surface area is 100 Å². The summed E-state index contributed by atoms with van der Waals surface area (Å²) in [5, 5.41) is 3.99. The van der Waals surface area contributed by atoms with Gasteiger partial charge in [-0.25, -0.2) is 0 Å². The molecule has 2 aromatic rings. The third-order valence-corrected chi connectivity index (χ3v) is 2.70. The molecule has 0 radical (unpaired) electrons. The second kappa shape index (κ2) is 5.50. The van der Waals surface area contributed by atoms with Crippen LogP contribution in [0.25, 0.3) is 10.9 Å². The number of nitrogens with one attached hydrogen (secondary N) is 2. The molecule has 0 bridgehead atoms. The highest BCUT2D eigenvalue weighted by Gasteiger charge is 2.02. The molecule has 2 rings (SSSR count). The minimum atomic E-state index is 0.0494. The first kappa shape index (κ1) is 11.7. The number of fused-ring (bicyclic) bond motifs is 1. The number of amides is 1. The molecule has 0 aliphatic heterocycles. The Morgan fingerprint density at radius 3 is 3.00 bits per heavy atom. The Morgan fingerprint density at radius 2 is 2.18 bits per heavy atom. The Bertz CT molecular complexity index is 504. The van der Waals surface area contributed by atoms with Gasteiger partial charge in [0.25, 0.3) is 0 Å². The summed E-state index contributed by atoms with van der Waals surface area (Å²) in [7, 11) is 0. The standard InChI is InChI=1S/C13H17N3O/c14-7-2-1-3-13(17)16-11-4-5-12-10(9-11)6-8-15-12/h4-6,8-9,15H,1-3,7,14H2,(H,16,17). The molecular weight excluding hydrogens is 214 g/mol. The number of unbranched alkanes of at least 4 members (excludes halogenated alkanes) is 1. The molecule has 0 saturated heterocycles. The molecule has 0 atom stereocenters. The van der Waals surface area contributed by atoms with Crippen LogP contribution in [0, 0.1) is 0 Å². The van der Waals surface area contributed by atoms with E-state index in [-0.39, 0.29) is 5.91 Å². The fraction of sp³-hybridized carbons (Fsp3) is 0.308. The predicted molar refractivity (Wildman–Crippen MR) is 69.8 cm³/mol. The topological polar surface area (TPSA) is 70.9 Å². The van der Waals surface area contributed by atoms with Crippen molar-refractivity contribution < 1.29 is 4.79 Å². The van der Waals surface area contributed by atoms with Crippen LogP contribution in [0.4, 0.5) is 5.69 Å². The molecule has 17 heavy (non-hydrogen) atoms. The normalized spacial score (nSPS) is 10.6. The molecule has 1 heterocycles. The fourth-order valence-electron chi connectivity index (χ4n) is 1.78. The van der Waals surface area contributed by atoms with Gasteiger partial charge in [-0.1, -0.05) is 0 Å². The summed E-state index contributed by atoms with van der Waals surface area (Å²) in [6.45, 7) is 0.641. The van der Waals surface area contributed by atoms with Gasteiger partial charge in [0.15, 0.2) is 0 Å². The zero-order valence-electron chi connectivity index (χ0n) is 9.70. The summed E-state index contributed by atoms with van der Waals surface area (Å²) in [5.41, 5.74) is 7.30. The van der Waals surface area contributed by atoms with Crippen LogP contribution in [0.5, 0.6) is 0 Å². The molecule has 90 valence electrons. The van der Waals surface area contributed by atoms with Crippen LogP contribution < -0.4 is 11.1 Å². The van der Waals surface area contributed by atoms with Gasteiger partial charge in [0.2, 0.25) is 5.91 Å². The number of aromatic amines is 1. The van der Waals surface area contributed by atoms with Gasteiger partial charge < -0.3 is 16.0 Å². The van der Waals surface area contributed by atoms with Crippen molar-refractivity contribution in [2.45, 2.75) is 19.3 Å². The molecular formula is C13H17N3O. The van der Waals surface area contributed by atoms with Gasteiger partial charge in [0, 0.05) is 29.2 Å². The van der Waals surface area contributed by atoms with Crippen LogP contribution in [0.2, 0.25) is 0 Å². The van der Waals surface area contributed by atoms with Crippen molar-refractivity contribution in [2.24, 2.45) is 5.73 Å². The Hall–Kier alpha value is -1.81. The van der Waals surface area contributed by atoms with Gasteiger partial charge in [0.05, 0.1) is 0 Å². The average molecular weight is 231 g/mol. The van der Waals surface area contributed by atoms with E-state index in [9.17, 15) is 4.79 Å². The molecule has 4 heteroatoms. The zero-order chi connectivity index (χ0) is 12.1. The van der Waals surface area contributed by atoms with Gasteiger partial charge >= 0.3 is 0 Å². The number of hydrogen-bond acceptors (Lipinski definition) is 2. The summed E-state index contributed by atoms with van der Waals surface area (Å²) in [6, 6.07) is 7.82. The minimum Gasteiger partial charge on any atom is -0.361 e. The number of anilines is 1. The maximum Gasteiger partial charge on any atom is 0.224 e. The molecule has 4 N–H and O–H groups in total. The van der Waals surface area contributed by atoms with Gasteiger partial charge in [0.1, 0.15) is 0 Å². The maximum atomic E-state index is 11.6. The van der Waals surface area contributed by atoms with Gasteiger partial charge in [-0.05, 0) is 43.7 Å². The highest BCUT2D eigenvalue weighted by molar-refractivity contribution is 5.93. The number of nitrogens with two attached hydrogens (primary N) is 1. The van der Waals surface area contributed by atoms with E-state index in [1.165, 1.54) is 0 Å². The van der Waals surface area contributed by atoms with E-state index in [0.29, 0.717) is 13.0 Å². The van der Waals surface area contributed by atoms with Crippen LogP contribution >= 0.6 is 0 Å². The van der Waals surface area contributed by atoms with E-state index in [2.05, 4.69) is 10.3 Å². The summed E-state index contributed by atoms with van der Waals surface area (Å²) >= 11 is 0. The van der Waals surface area contributed by atoms with Crippen molar-refractivity contribution in [3.05, 3.63) is 30.5 Å². The number of rotatable bonds is 5.